The molecule has 0 fully saturated rings. The Morgan fingerprint density at radius 1 is 1.44 bits per heavy atom. The van der Waals surface area contributed by atoms with Gasteiger partial charge < -0.3 is 21.2 Å². The molecule has 18 heavy (non-hydrogen) atoms. The van der Waals surface area contributed by atoms with Gasteiger partial charge in [-0.25, -0.2) is 0 Å². The smallest absolute Gasteiger partial charge is 0.239 e. The van der Waals surface area contributed by atoms with Crippen molar-refractivity contribution in [1.29, 1.82) is 0 Å². The average Bonchev–Trinajstić information content (AvgIpc) is 2.33. The van der Waals surface area contributed by atoms with E-state index in [1.54, 1.807) is 0 Å². The first-order chi connectivity index (χ1) is 8.27. The van der Waals surface area contributed by atoms with E-state index in [0.29, 0.717) is 6.54 Å². The fourth-order valence-corrected chi connectivity index (χ4v) is 1.32. The second-order valence-electron chi connectivity index (χ2n) is 4.62. The van der Waals surface area contributed by atoms with Gasteiger partial charge in [-0.2, -0.15) is 0 Å². The average molecular weight is 258 g/mol. The highest BCUT2D eigenvalue weighted by Gasteiger charge is 2.35. The van der Waals surface area contributed by atoms with E-state index in [4.69, 9.17) is 10.9 Å². The van der Waals surface area contributed by atoms with Gasteiger partial charge in [0.1, 0.15) is 5.41 Å². The Balaban J connectivity index is 4.56. The van der Waals surface area contributed by atoms with Gasteiger partial charge in [-0.1, -0.05) is 12.1 Å². The van der Waals surface area contributed by atoms with Crippen LogP contribution in [0.4, 0.5) is 0 Å². The summed E-state index contributed by atoms with van der Waals surface area (Å²) in [5.41, 5.74) is 4.31. The fraction of sp³-hybridized carbons (Fsp3) is 0.727. The zero-order valence-corrected chi connectivity index (χ0v) is 11.4. The number of nitrogens with zero attached hydrogens (tertiary/aromatic N) is 2. The van der Waals surface area contributed by atoms with Crippen molar-refractivity contribution >= 4 is 17.6 Å². The van der Waals surface area contributed by atoms with Crippen LogP contribution in [-0.2, 0) is 9.59 Å². The van der Waals surface area contributed by atoms with Crippen molar-refractivity contribution in [1.82, 2.24) is 10.2 Å². The van der Waals surface area contributed by atoms with Crippen molar-refractivity contribution in [3.8, 4) is 0 Å². The summed E-state index contributed by atoms with van der Waals surface area (Å²) in [4.78, 5) is 24.8. The summed E-state index contributed by atoms with van der Waals surface area (Å²) in [6.45, 7) is 5.53. The normalized spacial score (nSPS) is 12.1. The van der Waals surface area contributed by atoms with Gasteiger partial charge in [0, 0.05) is 13.6 Å². The number of hydrogen-bond donors (Lipinski definition) is 3. The molecule has 0 saturated carbocycles. The lowest BCUT2D eigenvalue weighted by Crippen LogP contribution is -2.49. The molecule has 0 aliphatic heterocycles. The van der Waals surface area contributed by atoms with E-state index in [0.717, 1.165) is 6.42 Å². The van der Waals surface area contributed by atoms with Crippen LogP contribution >= 0.6 is 0 Å². The number of hydrogen-bond acceptors (Lipinski definition) is 4. The minimum absolute atomic E-state index is 0.0546. The molecule has 0 aromatic carbocycles. The van der Waals surface area contributed by atoms with Crippen molar-refractivity contribution in [2.75, 3.05) is 20.1 Å². The van der Waals surface area contributed by atoms with E-state index >= 15 is 0 Å². The monoisotopic (exact) mass is 258 g/mol. The number of rotatable bonds is 6. The minimum Gasteiger partial charge on any atom is -0.409 e. The number of nitrogens with one attached hydrogen (secondary N) is 1. The zero-order valence-electron chi connectivity index (χ0n) is 11.4. The Labute approximate surface area is 107 Å². The molecular formula is C11H22N4O3. The van der Waals surface area contributed by atoms with Crippen LogP contribution < -0.4 is 11.1 Å². The van der Waals surface area contributed by atoms with E-state index in [1.165, 1.54) is 25.8 Å². The number of oxime groups is 1. The number of nitrogens with two attached hydrogens (primary N) is 1. The Bertz CT molecular complexity index is 339. The molecule has 0 bridgehead atoms. The van der Waals surface area contributed by atoms with E-state index < -0.39 is 5.41 Å². The van der Waals surface area contributed by atoms with Crippen LogP contribution in [0.1, 0.15) is 27.2 Å². The second-order valence-corrected chi connectivity index (χ2v) is 4.62. The van der Waals surface area contributed by atoms with Crippen molar-refractivity contribution in [3.05, 3.63) is 0 Å². The van der Waals surface area contributed by atoms with Crippen molar-refractivity contribution in [2.45, 2.75) is 27.2 Å². The standard InChI is InChI=1S/C11H22N4O3/c1-5-6-13-8(16)7-15(4)10(17)11(2,3)9(12)14-18/h18H,5-7H2,1-4H3,(H2,12,14)(H,13,16). The van der Waals surface area contributed by atoms with Gasteiger partial charge in [-0.05, 0) is 20.3 Å². The SMILES string of the molecule is CCCNC(=O)CN(C)C(=O)C(C)(C)C(N)=NO. The van der Waals surface area contributed by atoms with Crippen LogP contribution in [0.25, 0.3) is 0 Å². The van der Waals surface area contributed by atoms with Crippen LogP contribution in [0.3, 0.4) is 0 Å². The van der Waals surface area contributed by atoms with Crippen LogP contribution in [0, 0.1) is 5.41 Å². The molecule has 0 rings (SSSR count). The first-order valence-electron chi connectivity index (χ1n) is 5.77. The highest BCUT2D eigenvalue weighted by Crippen LogP contribution is 2.18. The third-order valence-electron chi connectivity index (χ3n) is 2.58. The topological polar surface area (TPSA) is 108 Å². The largest absolute Gasteiger partial charge is 0.409 e. The predicted molar refractivity (Wildman–Crippen MR) is 68.1 cm³/mol. The van der Waals surface area contributed by atoms with Crippen LogP contribution in [0.2, 0.25) is 0 Å². The molecule has 0 spiro atoms. The van der Waals surface area contributed by atoms with Crippen molar-refractivity contribution in [3.63, 3.8) is 0 Å². The van der Waals surface area contributed by atoms with E-state index in [1.807, 2.05) is 6.92 Å². The molecule has 0 aromatic rings. The quantitative estimate of drug-likeness (QED) is 0.264. The van der Waals surface area contributed by atoms with E-state index in [9.17, 15) is 9.59 Å². The molecule has 0 unspecified atom stereocenters. The summed E-state index contributed by atoms with van der Waals surface area (Å²) >= 11 is 0. The molecular weight excluding hydrogens is 236 g/mol. The van der Waals surface area contributed by atoms with Gasteiger partial charge in [-0.15, -0.1) is 0 Å². The molecule has 2 amide bonds. The molecule has 7 nitrogen and oxygen atoms in total. The maximum atomic E-state index is 12.0. The Morgan fingerprint density at radius 3 is 2.44 bits per heavy atom. The van der Waals surface area contributed by atoms with Gasteiger partial charge in [0.2, 0.25) is 11.8 Å². The summed E-state index contributed by atoms with van der Waals surface area (Å²) in [7, 11) is 1.50. The summed E-state index contributed by atoms with van der Waals surface area (Å²) in [6.07, 6.45) is 0.832. The van der Waals surface area contributed by atoms with Gasteiger partial charge in [0.25, 0.3) is 0 Å². The molecule has 0 aliphatic carbocycles. The number of amides is 2. The molecule has 0 aliphatic rings. The Kier molecular flexibility index (Phi) is 6.15. The molecule has 4 N–H and O–H groups in total. The van der Waals surface area contributed by atoms with Gasteiger partial charge in [-0.3, -0.25) is 9.59 Å². The van der Waals surface area contributed by atoms with Crippen molar-refractivity contribution < 1.29 is 14.8 Å². The van der Waals surface area contributed by atoms with E-state index in [2.05, 4.69) is 10.5 Å². The third-order valence-corrected chi connectivity index (χ3v) is 2.58. The van der Waals surface area contributed by atoms with E-state index in [-0.39, 0.29) is 24.2 Å². The summed E-state index contributed by atoms with van der Waals surface area (Å²) in [5, 5.41) is 14.1. The minimum atomic E-state index is -1.14. The highest BCUT2D eigenvalue weighted by molar-refractivity contribution is 6.06. The van der Waals surface area contributed by atoms with Gasteiger partial charge >= 0.3 is 0 Å². The second kappa shape index (κ2) is 6.83. The molecule has 0 saturated heterocycles. The molecule has 0 heterocycles. The maximum Gasteiger partial charge on any atom is 0.239 e. The van der Waals surface area contributed by atoms with Gasteiger partial charge in [0.15, 0.2) is 5.84 Å². The highest BCUT2D eigenvalue weighted by atomic mass is 16.4. The van der Waals surface area contributed by atoms with Crippen LogP contribution in [0.15, 0.2) is 5.16 Å². The molecule has 0 atom stereocenters. The summed E-state index contributed by atoms with van der Waals surface area (Å²) < 4.78 is 0. The lowest BCUT2D eigenvalue weighted by atomic mass is 9.90. The number of amidine groups is 1. The Hall–Kier alpha value is -1.79. The predicted octanol–water partition coefficient (Wildman–Crippen LogP) is -0.256. The first-order valence-corrected chi connectivity index (χ1v) is 5.77. The number of carbonyl (C=O) groups is 2. The molecule has 104 valence electrons. The van der Waals surface area contributed by atoms with Gasteiger partial charge in [0.05, 0.1) is 6.54 Å². The molecule has 0 aromatic heterocycles. The van der Waals surface area contributed by atoms with Crippen LogP contribution in [-0.4, -0.2) is 47.9 Å². The number of carbonyl (C=O) groups excluding carboxylic acids is 2. The Morgan fingerprint density at radius 2 is 2.00 bits per heavy atom. The molecule has 7 heteroatoms. The number of likely N-dealkylation sites (N-methyl/N-ethyl adjacent to an activating group) is 1. The zero-order chi connectivity index (χ0) is 14.3. The summed E-state index contributed by atoms with van der Waals surface area (Å²) in [5.74, 6) is -0.805. The van der Waals surface area contributed by atoms with Crippen LogP contribution in [0.5, 0.6) is 0 Å². The lowest BCUT2D eigenvalue weighted by molar-refractivity contribution is -0.139. The molecule has 0 radical (unpaired) electrons. The third kappa shape index (κ3) is 4.23. The fourth-order valence-electron chi connectivity index (χ4n) is 1.32. The maximum absolute atomic E-state index is 12.0. The lowest BCUT2D eigenvalue weighted by Gasteiger charge is -2.27. The first kappa shape index (κ1) is 16.2. The summed E-state index contributed by atoms with van der Waals surface area (Å²) in [6, 6.07) is 0. The van der Waals surface area contributed by atoms with Crippen molar-refractivity contribution in [2.24, 2.45) is 16.3 Å².